The average molecular weight is 997 g/mol. The van der Waals surface area contributed by atoms with Crippen LogP contribution in [0, 0.1) is 56.5 Å². The van der Waals surface area contributed by atoms with Gasteiger partial charge in [0.05, 0.1) is 21.8 Å². The zero-order valence-corrected chi connectivity index (χ0v) is 39.7. The van der Waals surface area contributed by atoms with E-state index in [1.54, 1.807) is 54.6 Å². The molecular weight excluding hydrogens is 955 g/mol. The van der Waals surface area contributed by atoms with Crippen molar-refractivity contribution in [2.24, 2.45) is 10.8 Å². The van der Waals surface area contributed by atoms with E-state index in [9.17, 15) is 43.4 Å². The van der Waals surface area contributed by atoms with Gasteiger partial charge >= 0.3 is 5.97 Å². The van der Waals surface area contributed by atoms with Gasteiger partial charge in [-0.25, -0.2) is 8.78 Å². The molecule has 0 amide bonds. The minimum Gasteiger partial charge on any atom is -0.493 e. The quantitative estimate of drug-likeness (QED) is 0.0279. The van der Waals surface area contributed by atoms with Gasteiger partial charge in [0.2, 0.25) is 11.6 Å². The molecule has 2 saturated carbocycles. The number of rotatable bonds is 17. The molecule has 6 aromatic carbocycles. The predicted molar refractivity (Wildman–Crippen MR) is 264 cm³/mol. The van der Waals surface area contributed by atoms with Crippen molar-refractivity contribution >= 4 is 60.4 Å². The normalized spacial score (nSPS) is 13.9. The zero-order chi connectivity index (χ0) is 50.0. The lowest BCUT2D eigenvalue weighted by Crippen LogP contribution is -2.27. The van der Waals surface area contributed by atoms with Crippen LogP contribution in [0.15, 0.2) is 133 Å². The first kappa shape index (κ1) is 48.1. The zero-order valence-electron chi connectivity index (χ0n) is 38.1. The molecule has 13 nitrogen and oxygen atoms in total. The van der Waals surface area contributed by atoms with Crippen LogP contribution in [-0.2, 0) is 14.5 Å². The molecule has 8 aromatic rings. The lowest BCUT2D eigenvalue weighted by atomic mass is 9.98. The molecule has 0 spiro atoms. The molecule has 0 atom stereocenters. The maximum Gasteiger partial charge on any atom is 0.319 e. The fourth-order valence-electron chi connectivity index (χ4n) is 7.99. The van der Waals surface area contributed by atoms with Crippen LogP contribution in [0.4, 0.5) is 8.78 Å². The van der Waals surface area contributed by atoms with Gasteiger partial charge in [-0.05, 0) is 111 Å². The number of hydrogen-bond acceptors (Lipinski definition) is 13. The van der Waals surface area contributed by atoms with Gasteiger partial charge in [0.1, 0.15) is 36.3 Å². The third-order valence-electron chi connectivity index (χ3n) is 12.6. The maximum absolute atomic E-state index is 13.6. The van der Waals surface area contributed by atoms with Gasteiger partial charge < -0.3 is 19.1 Å². The molecule has 0 bridgehead atoms. The topological polar surface area (TPSA) is 174 Å². The molecule has 71 heavy (non-hydrogen) atoms. The Bertz CT molecular complexity index is 3350. The third kappa shape index (κ3) is 10.8. The second-order valence-corrected chi connectivity index (χ2v) is 19.9. The van der Waals surface area contributed by atoms with Gasteiger partial charge in [-0.2, -0.15) is 0 Å². The van der Waals surface area contributed by atoms with Crippen LogP contribution in [0.3, 0.4) is 0 Å². The fraction of sp³-hybridized carbons (Fsp3) is 0.204. The number of esters is 1. The third-order valence-corrected chi connectivity index (χ3v) is 14.9. The Balaban J connectivity index is 0.000000176. The number of ether oxygens (including phenoxy) is 2. The van der Waals surface area contributed by atoms with Crippen molar-refractivity contribution in [2.75, 3.05) is 19.8 Å². The molecular formula is C54H42F2N2O11S2. The summed E-state index contributed by atoms with van der Waals surface area (Å²) < 4.78 is 40.3. The molecule has 2 aliphatic carbocycles. The number of nitrogens with zero attached hydrogens (tertiary/aromatic N) is 2. The van der Waals surface area contributed by atoms with Crippen molar-refractivity contribution < 1.29 is 52.5 Å². The lowest BCUT2D eigenvalue weighted by Gasteiger charge is -2.15. The molecule has 17 heteroatoms. The molecule has 2 fully saturated rings. The van der Waals surface area contributed by atoms with Gasteiger partial charge in [-0.15, -0.1) is 42.9 Å². The van der Waals surface area contributed by atoms with E-state index >= 15 is 0 Å². The number of carbonyl (C=O) groups is 3. The summed E-state index contributed by atoms with van der Waals surface area (Å²) >= 11 is 2.63. The lowest BCUT2D eigenvalue weighted by molar-refractivity contribution is -0.760. The van der Waals surface area contributed by atoms with E-state index in [2.05, 4.69) is 9.68 Å². The summed E-state index contributed by atoms with van der Waals surface area (Å²) in [4.78, 5) is 70.8. The summed E-state index contributed by atoms with van der Waals surface area (Å²) in [6.07, 6.45) is 2.52. The monoisotopic (exact) mass is 996 g/mol. The largest absolute Gasteiger partial charge is 0.493 e. The van der Waals surface area contributed by atoms with Crippen molar-refractivity contribution in [3.05, 3.63) is 197 Å². The Morgan fingerprint density at radius 1 is 0.563 bits per heavy atom. The molecule has 2 aromatic heterocycles. The fourth-order valence-corrected chi connectivity index (χ4v) is 10.4. The summed E-state index contributed by atoms with van der Waals surface area (Å²) in [6.45, 7) is 3.90. The Kier molecular flexibility index (Phi) is 13.5. The summed E-state index contributed by atoms with van der Waals surface area (Å²) in [7, 11) is 0. The summed E-state index contributed by atoms with van der Waals surface area (Å²) in [5.74, 6) is -0.689. The van der Waals surface area contributed by atoms with Crippen LogP contribution in [0.5, 0.6) is 11.5 Å². The van der Waals surface area contributed by atoms with Crippen LogP contribution in [-0.4, -0.2) is 47.5 Å². The molecule has 10 rings (SSSR count). The SMILES string of the molecule is Cc1ccc(C(=O)c2sc3cc(OC(=O)C4(CO[N+](=O)[O-])CC4)ccc3c2-c2ccc(F)cc2)cc1.Cc1ccc(C(=O)c2sc3cc(OCC4(CO[N+](=O)[O-])CC4)ccc3c2-c2ccc(F)cc2)cc1. The van der Waals surface area contributed by atoms with Crippen molar-refractivity contribution in [3.63, 3.8) is 0 Å². The second-order valence-electron chi connectivity index (χ2n) is 17.8. The van der Waals surface area contributed by atoms with Gasteiger partial charge in [0.15, 0.2) is 0 Å². The summed E-state index contributed by atoms with van der Waals surface area (Å²) in [6, 6.07) is 37.4. The number of carbonyl (C=O) groups excluding carboxylic acids is 3. The van der Waals surface area contributed by atoms with Crippen LogP contribution < -0.4 is 9.47 Å². The number of thiophene rings is 2. The second kappa shape index (κ2) is 19.8. The summed E-state index contributed by atoms with van der Waals surface area (Å²) in [5.41, 5.74) is 4.77. The maximum atomic E-state index is 13.6. The average Bonchev–Trinajstić information content (AvgIpc) is 4.27. The highest BCUT2D eigenvalue weighted by Gasteiger charge is 2.53. The van der Waals surface area contributed by atoms with Crippen molar-refractivity contribution in [1.82, 2.24) is 0 Å². The molecule has 0 saturated heterocycles. The van der Waals surface area contributed by atoms with Gasteiger partial charge in [-0.1, -0.05) is 83.9 Å². The summed E-state index contributed by atoms with van der Waals surface area (Å²) in [5, 5.41) is 21.0. The van der Waals surface area contributed by atoms with Gasteiger partial charge in [-0.3, -0.25) is 14.4 Å². The van der Waals surface area contributed by atoms with Crippen LogP contribution in [0.2, 0.25) is 0 Å². The van der Waals surface area contributed by atoms with E-state index in [0.717, 1.165) is 50.6 Å². The Labute approximate surface area is 412 Å². The predicted octanol–water partition coefficient (Wildman–Crippen LogP) is 12.8. The highest BCUT2D eigenvalue weighted by molar-refractivity contribution is 7.22. The highest BCUT2D eigenvalue weighted by Crippen LogP contribution is 2.49. The van der Waals surface area contributed by atoms with E-state index in [1.165, 1.54) is 46.9 Å². The molecule has 360 valence electrons. The van der Waals surface area contributed by atoms with E-state index < -0.39 is 21.6 Å². The molecule has 0 unspecified atom stereocenters. The number of aryl methyl sites for hydroxylation is 2. The number of halogens is 2. The molecule has 0 N–H and O–H groups in total. The molecule has 2 heterocycles. The van der Waals surface area contributed by atoms with E-state index in [1.807, 2.05) is 68.4 Å². The smallest absolute Gasteiger partial charge is 0.319 e. The highest BCUT2D eigenvalue weighted by atomic mass is 32.1. The van der Waals surface area contributed by atoms with E-state index in [4.69, 9.17) is 9.47 Å². The first-order chi connectivity index (χ1) is 34.1. The Morgan fingerprint density at radius 2 is 1.00 bits per heavy atom. The first-order valence-electron chi connectivity index (χ1n) is 22.4. The number of hydrogen-bond donors (Lipinski definition) is 0. The van der Waals surface area contributed by atoms with Gasteiger partial charge in [0.25, 0.3) is 10.2 Å². The number of ketones is 2. The minimum atomic E-state index is -1.01. The first-order valence-corrected chi connectivity index (χ1v) is 24.0. The van der Waals surface area contributed by atoms with Crippen molar-refractivity contribution in [2.45, 2.75) is 39.5 Å². The number of benzene rings is 6. The molecule has 0 radical (unpaired) electrons. The number of fused-ring (bicyclic) bond motifs is 2. The Morgan fingerprint density at radius 3 is 1.44 bits per heavy atom. The Hall–Kier alpha value is -7.89. The van der Waals surface area contributed by atoms with E-state index in [0.29, 0.717) is 61.9 Å². The van der Waals surface area contributed by atoms with Crippen molar-refractivity contribution in [1.29, 1.82) is 0 Å². The van der Waals surface area contributed by atoms with Crippen LogP contribution in [0.1, 0.15) is 67.3 Å². The molecule has 0 aliphatic heterocycles. The standard InChI is InChI=1S/C27H20FNO6S.C27H22FNO5S/c1-16-2-4-18(5-3-16)24(30)25-23(17-6-8-19(28)9-7-17)21-11-10-20(14-22(21)36-25)35-26(31)27(12-13-27)15-34-29(32)33;1-17-2-4-19(5-3-17)25(30)26-24(18-6-8-20(28)9-7-18)22-11-10-21(14-23(22)35-26)33-15-27(12-13-27)16-34-29(31)32/h2-11,14H,12-13,15H2,1H3;2-11,14H,12-13,15-16H2,1H3. The van der Waals surface area contributed by atoms with Crippen LogP contribution in [0.25, 0.3) is 42.4 Å². The molecule has 2 aliphatic rings. The van der Waals surface area contributed by atoms with Crippen molar-refractivity contribution in [3.8, 4) is 33.8 Å². The van der Waals surface area contributed by atoms with Gasteiger partial charge in [0, 0.05) is 47.8 Å². The minimum absolute atomic E-state index is 0.0190. The van der Waals surface area contributed by atoms with E-state index in [-0.39, 0.29) is 47.6 Å². The van der Waals surface area contributed by atoms with Crippen LogP contribution >= 0.6 is 22.7 Å².